The van der Waals surface area contributed by atoms with Gasteiger partial charge in [0.05, 0.1) is 12.3 Å². The third-order valence-electron chi connectivity index (χ3n) is 1.91. The van der Waals surface area contributed by atoms with Gasteiger partial charge in [0.25, 0.3) is 0 Å². The molecule has 0 fully saturated rings. The van der Waals surface area contributed by atoms with Crippen LogP contribution in [0.1, 0.15) is 18.6 Å². The lowest BCUT2D eigenvalue weighted by Gasteiger charge is -2.01. The zero-order valence-electron chi connectivity index (χ0n) is 7.18. The largest absolute Gasteiger partial charge is 0.389 e. The molecule has 0 radical (unpaired) electrons. The second-order valence-corrected chi connectivity index (χ2v) is 2.88. The van der Waals surface area contributed by atoms with Crippen molar-refractivity contribution in [1.29, 1.82) is 0 Å². The minimum atomic E-state index is -0.577. The lowest BCUT2D eigenvalue weighted by atomic mass is 10.2. The Labute approximate surface area is 74.8 Å². The van der Waals surface area contributed by atoms with Crippen LogP contribution in [0.4, 0.5) is 5.82 Å². The van der Waals surface area contributed by atoms with Crippen LogP contribution in [0, 0.1) is 0 Å². The molecule has 2 aromatic rings. The highest BCUT2D eigenvalue weighted by atomic mass is 16.3. The molecular weight excluding hydrogens is 168 g/mol. The SMILES string of the molecule is CC(O)c1cnn2c(N)ccnc12. The van der Waals surface area contributed by atoms with Crippen LogP contribution in [0.3, 0.4) is 0 Å². The van der Waals surface area contributed by atoms with E-state index in [1.807, 2.05) is 0 Å². The fourth-order valence-electron chi connectivity index (χ4n) is 1.22. The van der Waals surface area contributed by atoms with E-state index in [-0.39, 0.29) is 0 Å². The number of hydrogen-bond donors (Lipinski definition) is 2. The average Bonchev–Trinajstić information content (AvgIpc) is 2.48. The van der Waals surface area contributed by atoms with Crippen molar-refractivity contribution in [1.82, 2.24) is 14.6 Å². The first-order chi connectivity index (χ1) is 6.20. The number of aliphatic hydroxyl groups excluding tert-OH is 1. The van der Waals surface area contributed by atoms with Gasteiger partial charge in [-0.2, -0.15) is 9.61 Å². The van der Waals surface area contributed by atoms with Crippen LogP contribution in [0.15, 0.2) is 18.5 Å². The van der Waals surface area contributed by atoms with Gasteiger partial charge in [0.1, 0.15) is 5.82 Å². The summed E-state index contributed by atoms with van der Waals surface area (Å²) in [6, 6.07) is 1.66. The summed E-state index contributed by atoms with van der Waals surface area (Å²) >= 11 is 0. The molecule has 2 aromatic heterocycles. The standard InChI is InChI=1S/C8H10N4O/c1-5(13)6-4-11-12-7(9)2-3-10-8(6)12/h2-5,13H,9H2,1H3. The Kier molecular flexibility index (Phi) is 1.66. The Morgan fingerprint density at radius 1 is 1.62 bits per heavy atom. The van der Waals surface area contributed by atoms with Crippen LogP contribution < -0.4 is 5.73 Å². The summed E-state index contributed by atoms with van der Waals surface area (Å²) in [5.74, 6) is 0.511. The van der Waals surface area contributed by atoms with Gasteiger partial charge >= 0.3 is 0 Å². The Bertz CT molecular complexity index is 435. The topological polar surface area (TPSA) is 76.4 Å². The number of fused-ring (bicyclic) bond motifs is 1. The van der Waals surface area contributed by atoms with Gasteiger partial charge in [-0.05, 0) is 13.0 Å². The van der Waals surface area contributed by atoms with Gasteiger partial charge < -0.3 is 10.8 Å². The molecule has 2 heterocycles. The summed E-state index contributed by atoms with van der Waals surface area (Å²) in [6.45, 7) is 1.67. The highest BCUT2D eigenvalue weighted by Gasteiger charge is 2.10. The number of nitrogens with zero attached hydrogens (tertiary/aromatic N) is 3. The second-order valence-electron chi connectivity index (χ2n) is 2.88. The number of hydrogen-bond acceptors (Lipinski definition) is 4. The molecule has 0 aliphatic heterocycles. The fraction of sp³-hybridized carbons (Fsp3) is 0.250. The Morgan fingerprint density at radius 2 is 2.38 bits per heavy atom. The summed E-state index contributed by atoms with van der Waals surface area (Å²) in [7, 11) is 0. The molecule has 0 saturated carbocycles. The van der Waals surface area contributed by atoms with E-state index in [1.165, 1.54) is 4.52 Å². The summed E-state index contributed by atoms with van der Waals surface area (Å²) in [5, 5.41) is 13.4. The highest BCUT2D eigenvalue weighted by molar-refractivity contribution is 5.51. The number of nitrogens with two attached hydrogens (primary N) is 1. The molecule has 1 atom stereocenters. The first kappa shape index (κ1) is 8.00. The van der Waals surface area contributed by atoms with Crippen LogP contribution in [-0.4, -0.2) is 19.7 Å². The van der Waals surface area contributed by atoms with Gasteiger partial charge in [0.15, 0.2) is 5.65 Å². The molecule has 13 heavy (non-hydrogen) atoms. The van der Waals surface area contributed by atoms with Crippen LogP contribution >= 0.6 is 0 Å². The van der Waals surface area contributed by atoms with Gasteiger partial charge in [0, 0.05) is 11.8 Å². The molecule has 2 rings (SSSR count). The molecule has 0 aromatic carbocycles. The Morgan fingerprint density at radius 3 is 3.08 bits per heavy atom. The zero-order chi connectivity index (χ0) is 9.42. The van der Waals surface area contributed by atoms with E-state index in [1.54, 1.807) is 25.4 Å². The van der Waals surface area contributed by atoms with E-state index in [0.29, 0.717) is 17.0 Å². The summed E-state index contributed by atoms with van der Waals surface area (Å²) < 4.78 is 1.50. The molecule has 3 N–H and O–H groups in total. The van der Waals surface area contributed by atoms with Crippen molar-refractivity contribution in [3.63, 3.8) is 0 Å². The maximum atomic E-state index is 9.37. The molecule has 68 valence electrons. The van der Waals surface area contributed by atoms with Gasteiger partial charge in [0.2, 0.25) is 0 Å². The molecule has 1 unspecified atom stereocenters. The van der Waals surface area contributed by atoms with E-state index >= 15 is 0 Å². The average molecular weight is 178 g/mol. The molecule has 5 nitrogen and oxygen atoms in total. The van der Waals surface area contributed by atoms with Crippen molar-refractivity contribution in [2.75, 3.05) is 5.73 Å². The number of aromatic nitrogens is 3. The van der Waals surface area contributed by atoms with Gasteiger partial charge in [-0.3, -0.25) is 0 Å². The Balaban J connectivity index is 2.75. The number of anilines is 1. The second kappa shape index (κ2) is 2.70. The molecule has 0 saturated heterocycles. The number of rotatable bonds is 1. The molecule has 0 spiro atoms. The van der Waals surface area contributed by atoms with Crippen molar-refractivity contribution in [2.45, 2.75) is 13.0 Å². The molecular formula is C8H10N4O. The number of aliphatic hydroxyl groups is 1. The van der Waals surface area contributed by atoms with E-state index in [0.717, 1.165) is 0 Å². The van der Waals surface area contributed by atoms with Gasteiger partial charge in [-0.1, -0.05) is 0 Å². The quantitative estimate of drug-likeness (QED) is 0.661. The molecule has 0 bridgehead atoms. The summed E-state index contributed by atoms with van der Waals surface area (Å²) in [4.78, 5) is 4.08. The minimum absolute atomic E-state index is 0.511. The van der Waals surface area contributed by atoms with E-state index in [9.17, 15) is 5.11 Å². The number of nitrogen functional groups attached to an aromatic ring is 1. The van der Waals surface area contributed by atoms with Crippen LogP contribution in [-0.2, 0) is 0 Å². The highest BCUT2D eigenvalue weighted by Crippen LogP contribution is 2.17. The first-order valence-corrected chi connectivity index (χ1v) is 3.96. The molecule has 0 aliphatic rings. The Hall–Kier alpha value is -1.62. The van der Waals surface area contributed by atoms with E-state index in [2.05, 4.69) is 10.1 Å². The molecule has 0 aliphatic carbocycles. The summed E-state index contributed by atoms with van der Waals surface area (Å²) in [5.41, 5.74) is 6.94. The lowest BCUT2D eigenvalue weighted by molar-refractivity contribution is 0.200. The smallest absolute Gasteiger partial charge is 0.163 e. The fourth-order valence-corrected chi connectivity index (χ4v) is 1.22. The monoisotopic (exact) mass is 178 g/mol. The third-order valence-corrected chi connectivity index (χ3v) is 1.91. The van der Waals surface area contributed by atoms with E-state index in [4.69, 9.17) is 5.73 Å². The van der Waals surface area contributed by atoms with Crippen molar-refractivity contribution < 1.29 is 5.11 Å². The zero-order valence-corrected chi connectivity index (χ0v) is 7.18. The van der Waals surface area contributed by atoms with Gasteiger partial charge in [-0.25, -0.2) is 4.98 Å². The van der Waals surface area contributed by atoms with E-state index < -0.39 is 6.10 Å². The van der Waals surface area contributed by atoms with Crippen molar-refractivity contribution in [2.24, 2.45) is 0 Å². The molecule has 5 heteroatoms. The lowest BCUT2D eigenvalue weighted by Crippen LogP contribution is -2.00. The van der Waals surface area contributed by atoms with Crippen LogP contribution in [0.25, 0.3) is 5.65 Å². The predicted octanol–water partition coefficient (Wildman–Crippen LogP) is 0.365. The first-order valence-electron chi connectivity index (χ1n) is 3.96. The minimum Gasteiger partial charge on any atom is -0.389 e. The maximum absolute atomic E-state index is 9.37. The summed E-state index contributed by atoms with van der Waals surface area (Å²) in [6.07, 6.45) is 2.59. The predicted molar refractivity (Wildman–Crippen MR) is 48.0 cm³/mol. The van der Waals surface area contributed by atoms with Crippen LogP contribution in [0.5, 0.6) is 0 Å². The van der Waals surface area contributed by atoms with Crippen molar-refractivity contribution >= 4 is 11.5 Å². The van der Waals surface area contributed by atoms with Crippen LogP contribution in [0.2, 0.25) is 0 Å². The van der Waals surface area contributed by atoms with Gasteiger partial charge in [-0.15, -0.1) is 0 Å². The molecule has 0 amide bonds. The van der Waals surface area contributed by atoms with Crippen molar-refractivity contribution in [3.05, 3.63) is 24.0 Å². The third kappa shape index (κ3) is 1.13. The normalized spacial score (nSPS) is 13.4. The van der Waals surface area contributed by atoms with Crippen molar-refractivity contribution in [3.8, 4) is 0 Å². The maximum Gasteiger partial charge on any atom is 0.163 e.